The molecule has 1 amide bonds. The number of ether oxygens (including phenoxy) is 2. The fourth-order valence-corrected chi connectivity index (χ4v) is 4.05. The van der Waals surface area contributed by atoms with E-state index in [-0.39, 0.29) is 41.4 Å². The number of benzene rings is 2. The lowest BCUT2D eigenvalue weighted by molar-refractivity contribution is 0.0824. The van der Waals surface area contributed by atoms with Gasteiger partial charge in [0.25, 0.3) is 17.1 Å². The zero-order chi connectivity index (χ0) is 22.1. The molecule has 0 spiro atoms. The quantitative estimate of drug-likeness (QED) is 0.541. The fourth-order valence-electron chi connectivity index (χ4n) is 2.92. The van der Waals surface area contributed by atoms with Gasteiger partial charge in [-0.3, -0.25) is 4.79 Å². The van der Waals surface area contributed by atoms with Gasteiger partial charge in [0.05, 0.1) is 11.3 Å². The number of anilines is 1. The van der Waals surface area contributed by atoms with E-state index in [0.717, 1.165) is 5.56 Å². The van der Waals surface area contributed by atoms with Gasteiger partial charge in [-0.1, -0.05) is 6.07 Å². The number of aromatic hydroxyl groups is 1. The fraction of sp³-hybridized carbons (Fsp3) is 0.211. The van der Waals surface area contributed by atoms with Crippen LogP contribution in [0.15, 0.2) is 43.6 Å². The summed E-state index contributed by atoms with van der Waals surface area (Å²) in [7, 11) is 3.17. The highest BCUT2D eigenvalue weighted by Gasteiger charge is 2.24. The first-order chi connectivity index (χ1) is 14.8. The van der Waals surface area contributed by atoms with Crippen molar-refractivity contribution in [3.63, 3.8) is 0 Å². The van der Waals surface area contributed by atoms with E-state index < -0.39 is 11.2 Å². The summed E-state index contributed by atoms with van der Waals surface area (Å²) in [6, 6.07) is 8.72. The van der Waals surface area contributed by atoms with Crippen LogP contribution >= 0.6 is 15.9 Å². The van der Waals surface area contributed by atoms with Crippen LogP contribution in [0.1, 0.15) is 15.9 Å². The molecule has 3 N–H and O–H groups in total. The van der Waals surface area contributed by atoms with Crippen LogP contribution in [0.4, 0.5) is 5.69 Å². The second-order valence-electron chi connectivity index (χ2n) is 6.79. The number of halogens is 1. The summed E-state index contributed by atoms with van der Waals surface area (Å²) in [6.45, 7) is 0.553. The Morgan fingerprint density at radius 3 is 2.71 bits per heavy atom. The van der Waals surface area contributed by atoms with Gasteiger partial charge in [0, 0.05) is 25.1 Å². The van der Waals surface area contributed by atoms with E-state index >= 15 is 0 Å². The maximum Gasteiger partial charge on any atom is 0.269 e. The van der Waals surface area contributed by atoms with Crippen molar-refractivity contribution < 1.29 is 23.6 Å². The van der Waals surface area contributed by atoms with Crippen molar-refractivity contribution in [2.24, 2.45) is 8.80 Å². The lowest BCUT2D eigenvalue weighted by Gasteiger charge is -2.16. The molecule has 1 unspecified atom stereocenters. The zero-order valence-corrected chi connectivity index (χ0v) is 18.9. The first-order valence-corrected chi connectivity index (χ1v) is 10.9. The van der Waals surface area contributed by atoms with E-state index in [2.05, 4.69) is 35.4 Å². The molecule has 2 aliphatic rings. The van der Waals surface area contributed by atoms with E-state index in [1.54, 1.807) is 26.2 Å². The summed E-state index contributed by atoms with van der Waals surface area (Å²) < 4.78 is 31.0. The van der Waals surface area contributed by atoms with Crippen LogP contribution in [0.2, 0.25) is 0 Å². The Labute approximate surface area is 188 Å². The number of phenolic OH excluding ortho intramolecular Hbond substituents is 1. The largest absolute Gasteiger partial charge is 0.505 e. The Balaban J connectivity index is 1.51. The molecule has 1 atom stereocenters. The molecule has 2 aliphatic heterocycles. The molecule has 0 aromatic heterocycles. The average molecular weight is 508 g/mol. The van der Waals surface area contributed by atoms with E-state index in [0.29, 0.717) is 22.5 Å². The van der Waals surface area contributed by atoms with Crippen LogP contribution < -0.4 is 20.1 Å². The van der Waals surface area contributed by atoms with E-state index in [9.17, 15) is 14.1 Å². The van der Waals surface area contributed by atoms with Gasteiger partial charge in [-0.15, -0.1) is 8.80 Å². The van der Waals surface area contributed by atoms with Crippen LogP contribution in [0.3, 0.4) is 0 Å². The van der Waals surface area contributed by atoms with Crippen LogP contribution in [0.25, 0.3) is 0 Å². The topological polar surface area (TPSA) is 125 Å². The molecule has 2 aromatic carbocycles. The standard InChI is InChI=1S/C19H18BrN5O5S/c1-25(2)19(27)15-11(20)4-5-12(16(15)26)22-18-17(23-31(28)24-18)21-8-10-3-6-13-14(7-10)30-9-29-13/h3-7,26H,8-9H2,1-2H3,(H,21,23)(H,22,24). The van der Waals surface area contributed by atoms with Crippen LogP contribution in [-0.4, -0.2) is 52.7 Å². The third-order valence-corrected chi connectivity index (χ3v) is 5.80. The number of hydrogen-bond donors (Lipinski definition) is 3. The first kappa shape index (κ1) is 21.1. The predicted octanol–water partition coefficient (Wildman–Crippen LogP) is 2.18. The molecule has 2 aromatic rings. The van der Waals surface area contributed by atoms with Gasteiger partial charge in [0.15, 0.2) is 28.9 Å². The molecule has 0 bridgehead atoms. The number of nitrogens with one attached hydrogen (secondary N) is 2. The summed E-state index contributed by atoms with van der Waals surface area (Å²) in [5.74, 6) is 1.14. The lowest BCUT2D eigenvalue weighted by Crippen LogP contribution is -2.33. The highest BCUT2D eigenvalue weighted by molar-refractivity contribution is 9.10. The molecule has 162 valence electrons. The van der Waals surface area contributed by atoms with Crippen molar-refractivity contribution >= 4 is 50.4 Å². The summed E-state index contributed by atoms with van der Waals surface area (Å²) in [5, 5.41) is 16.6. The number of phenols is 1. The molecule has 2 heterocycles. The molecular formula is C19H18BrN5O5S. The van der Waals surface area contributed by atoms with Gasteiger partial charge >= 0.3 is 0 Å². The van der Waals surface area contributed by atoms with Crippen LogP contribution in [-0.2, 0) is 17.7 Å². The molecule has 31 heavy (non-hydrogen) atoms. The second kappa shape index (κ2) is 8.55. The highest BCUT2D eigenvalue weighted by Crippen LogP contribution is 2.35. The smallest absolute Gasteiger partial charge is 0.269 e. The summed E-state index contributed by atoms with van der Waals surface area (Å²) in [4.78, 5) is 13.8. The Morgan fingerprint density at radius 1 is 1.19 bits per heavy atom. The molecule has 12 heteroatoms. The molecule has 0 fully saturated rings. The number of carbonyl (C=O) groups excluding carboxylic acids is 1. The van der Waals surface area contributed by atoms with Crippen molar-refractivity contribution in [2.75, 3.05) is 26.2 Å². The van der Waals surface area contributed by atoms with E-state index in [1.807, 2.05) is 18.2 Å². The van der Waals surface area contributed by atoms with Gasteiger partial charge in [0.2, 0.25) is 6.79 Å². The average Bonchev–Trinajstić information content (AvgIpc) is 3.33. The van der Waals surface area contributed by atoms with Gasteiger partial charge in [0.1, 0.15) is 0 Å². The van der Waals surface area contributed by atoms with Crippen molar-refractivity contribution in [1.82, 2.24) is 10.2 Å². The Kier molecular flexibility index (Phi) is 5.83. The van der Waals surface area contributed by atoms with E-state index in [4.69, 9.17) is 9.47 Å². The molecule has 0 aliphatic carbocycles. The van der Waals surface area contributed by atoms with Gasteiger partial charge in [-0.05, 0) is 45.8 Å². The maximum atomic E-state index is 12.4. The number of hydrogen-bond acceptors (Lipinski definition) is 7. The van der Waals surface area contributed by atoms with Crippen LogP contribution in [0.5, 0.6) is 17.2 Å². The summed E-state index contributed by atoms with van der Waals surface area (Å²) in [5.41, 5.74) is 1.22. The lowest BCUT2D eigenvalue weighted by atomic mass is 10.1. The minimum Gasteiger partial charge on any atom is -0.505 e. The van der Waals surface area contributed by atoms with Gasteiger partial charge < -0.3 is 30.1 Å². The number of amides is 1. The van der Waals surface area contributed by atoms with Crippen LogP contribution in [0, 0.1) is 0 Å². The first-order valence-electron chi connectivity index (χ1n) is 9.06. The maximum absolute atomic E-state index is 12.4. The van der Waals surface area contributed by atoms with Gasteiger partial charge in [-0.2, -0.15) is 0 Å². The summed E-state index contributed by atoms with van der Waals surface area (Å²) >= 11 is 1.48. The minimum absolute atomic E-state index is 0.0986. The molecule has 10 nitrogen and oxygen atoms in total. The number of carbonyl (C=O) groups is 1. The van der Waals surface area contributed by atoms with Crippen molar-refractivity contribution in [3.05, 3.63) is 45.9 Å². The van der Waals surface area contributed by atoms with Crippen molar-refractivity contribution in [2.45, 2.75) is 6.54 Å². The Hall–Kier alpha value is -3.12. The number of amidine groups is 2. The summed E-state index contributed by atoms with van der Waals surface area (Å²) in [6.07, 6.45) is 0. The zero-order valence-electron chi connectivity index (χ0n) is 16.5. The molecular weight excluding hydrogens is 490 g/mol. The van der Waals surface area contributed by atoms with Gasteiger partial charge in [-0.25, -0.2) is 4.21 Å². The highest BCUT2D eigenvalue weighted by atomic mass is 79.9. The number of nitrogens with zero attached hydrogens (tertiary/aromatic N) is 3. The SMILES string of the molecule is CN(C)C(=O)c1c(Br)ccc(NC2=NS(=O)N=C2NCc2ccc3c(c2)OCO3)c1O. The third-order valence-electron chi connectivity index (χ3n) is 4.46. The molecule has 0 saturated heterocycles. The molecule has 4 rings (SSSR count). The molecule has 0 saturated carbocycles. The van der Waals surface area contributed by atoms with Crippen molar-refractivity contribution in [3.8, 4) is 17.2 Å². The van der Waals surface area contributed by atoms with E-state index in [1.165, 1.54) is 4.90 Å². The molecule has 0 radical (unpaired) electrons. The number of rotatable bonds is 4. The Morgan fingerprint density at radius 2 is 1.94 bits per heavy atom. The predicted molar refractivity (Wildman–Crippen MR) is 120 cm³/mol. The Bertz CT molecular complexity index is 1150. The monoisotopic (exact) mass is 507 g/mol. The number of fused-ring (bicyclic) bond motifs is 1. The second-order valence-corrected chi connectivity index (χ2v) is 8.48. The normalized spacial score (nSPS) is 16.5. The van der Waals surface area contributed by atoms with Crippen molar-refractivity contribution in [1.29, 1.82) is 0 Å². The minimum atomic E-state index is -1.81. The third kappa shape index (κ3) is 4.35.